The fourth-order valence-electron chi connectivity index (χ4n) is 2.73. The van der Waals surface area contributed by atoms with E-state index in [1.165, 1.54) is 0 Å². The smallest absolute Gasteiger partial charge is 0.185 e. The van der Waals surface area contributed by atoms with Crippen LogP contribution in [0, 0.1) is 0 Å². The largest absolute Gasteiger partial charge is 0.493 e. The predicted molar refractivity (Wildman–Crippen MR) is 91.2 cm³/mol. The van der Waals surface area contributed by atoms with Gasteiger partial charge in [0.15, 0.2) is 5.78 Å². The Kier molecular flexibility index (Phi) is 4.47. The Balaban J connectivity index is 1.88. The summed E-state index contributed by atoms with van der Waals surface area (Å²) in [5.74, 6) is 1.65. The third-order valence-corrected chi connectivity index (χ3v) is 3.80. The van der Waals surface area contributed by atoms with E-state index in [9.17, 15) is 4.79 Å². The molecule has 0 bridgehead atoms. The minimum atomic E-state index is -0.0252. The molecule has 3 rings (SSSR count). The zero-order valence-electron chi connectivity index (χ0n) is 13.4. The molecule has 1 aliphatic heterocycles. The average Bonchev–Trinajstić information content (AvgIpc) is 2.92. The van der Waals surface area contributed by atoms with Gasteiger partial charge in [-0.1, -0.05) is 30.3 Å². The van der Waals surface area contributed by atoms with Gasteiger partial charge in [0, 0.05) is 23.1 Å². The van der Waals surface area contributed by atoms with Gasteiger partial charge < -0.3 is 9.47 Å². The molecule has 118 valence electrons. The first-order valence-electron chi connectivity index (χ1n) is 7.91. The normalized spacial score (nSPS) is 16.2. The van der Waals surface area contributed by atoms with Crippen molar-refractivity contribution in [3.05, 3.63) is 65.2 Å². The summed E-state index contributed by atoms with van der Waals surface area (Å²) in [6, 6.07) is 13.2. The van der Waals surface area contributed by atoms with Gasteiger partial charge in [-0.3, -0.25) is 4.79 Å². The molecule has 3 heteroatoms. The van der Waals surface area contributed by atoms with Gasteiger partial charge >= 0.3 is 0 Å². The highest BCUT2D eigenvalue weighted by Gasteiger charge is 2.21. The molecule has 0 fully saturated rings. The van der Waals surface area contributed by atoms with Gasteiger partial charge in [0.05, 0.1) is 6.61 Å². The second-order valence-electron chi connectivity index (χ2n) is 5.63. The highest BCUT2D eigenvalue weighted by Crippen LogP contribution is 2.35. The van der Waals surface area contributed by atoms with Crippen LogP contribution in [0.3, 0.4) is 0 Å². The number of hydrogen-bond acceptors (Lipinski definition) is 3. The van der Waals surface area contributed by atoms with Crippen molar-refractivity contribution in [2.24, 2.45) is 0 Å². The molecule has 3 nitrogen and oxygen atoms in total. The zero-order chi connectivity index (χ0) is 16.2. The number of ketones is 1. The molecule has 0 aliphatic carbocycles. The number of rotatable bonds is 5. The fourth-order valence-corrected chi connectivity index (χ4v) is 2.73. The average molecular weight is 308 g/mol. The third kappa shape index (κ3) is 3.45. The lowest BCUT2D eigenvalue weighted by Gasteiger charge is -2.10. The number of fused-ring (bicyclic) bond motifs is 1. The highest BCUT2D eigenvalue weighted by atomic mass is 16.5. The van der Waals surface area contributed by atoms with E-state index in [1.54, 1.807) is 12.2 Å². The molecule has 0 saturated carbocycles. The van der Waals surface area contributed by atoms with Crippen LogP contribution in [0.4, 0.5) is 0 Å². The number of hydrogen-bond donors (Lipinski definition) is 0. The number of carbonyl (C=O) groups excluding carboxylic acids is 1. The topological polar surface area (TPSA) is 35.5 Å². The Morgan fingerprint density at radius 3 is 2.83 bits per heavy atom. The number of carbonyl (C=O) groups is 1. The molecule has 0 radical (unpaired) electrons. The summed E-state index contributed by atoms with van der Waals surface area (Å²) in [5.41, 5.74) is 2.70. The van der Waals surface area contributed by atoms with Crippen LogP contribution in [0.15, 0.2) is 48.5 Å². The van der Waals surface area contributed by atoms with E-state index in [0.717, 1.165) is 29.0 Å². The van der Waals surface area contributed by atoms with Gasteiger partial charge in [-0.2, -0.15) is 0 Å². The van der Waals surface area contributed by atoms with Gasteiger partial charge in [0.1, 0.15) is 17.6 Å². The Hall–Kier alpha value is -2.55. The summed E-state index contributed by atoms with van der Waals surface area (Å²) in [6.07, 6.45) is 4.46. The van der Waals surface area contributed by atoms with Crippen molar-refractivity contribution in [3.63, 3.8) is 0 Å². The Morgan fingerprint density at radius 1 is 1.30 bits per heavy atom. The lowest BCUT2D eigenvalue weighted by molar-refractivity contribution is 0.104. The monoisotopic (exact) mass is 308 g/mol. The van der Waals surface area contributed by atoms with Crippen molar-refractivity contribution in [1.29, 1.82) is 0 Å². The molecule has 0 saturated heterocycles. The first kappa shape index (κ1) is 15.3. The molecule has 0 amide bonds. The fraction of sp³-hybridized carbons (Fsp3) is 0.250. The van der Waals surface area contributed by atoms with Crippen molar-refractivity contribution < 1.29 is 14.3 Å². The SMILES string of the molecule is CCOc1cc2c(cc1C=CC(=O)c1ccccc1)OC(C)C2. The maximum atomic E-state index is 12.2. The number of benzene rings is 2. The molecule has 2 aromatic rings. The Labute approximate surface area is 136 Å². The summed E-state index contributed by atoms with van der Waals surface area (Å²) < 4.78 is 11.5. The van der Waals surface area contributed by atoms with Crippen LogP contribution in [0.1, 0.15) is 35.3 Å². The second kappa shape index (κ2) is 6.69. The highest BCUT2D eigenvalue weighted by molar-refractivity contribution is 6.06. The van der Waals surface area contributed by atoms with E-state index < -0.39 is 0 Å². The summed E-state index contributed by atoms with van der Waals surface area (Å²) in [4.78, 5) is 12.2. The van der Waals surface area contributed by atoms with Gasteiger partial charge in [-0.15, -0.1) is 0 Å². The number of allylic oxidation sites excluding steroid dienone is 1. The van der Waals surface area contributed by atoms with E-state index >= 15 is 0 Å². The van der Waals surface area contributed by atoms with Crippen LogP contribution >= 0.6 is 0 Å². The Morgan fingerprint density at radius 2 is 2.09 bits per heavy atom. The molecule has 1 heterocycles. The van der Waals surface area contributed by atoms with E-state index in [4.69, 9.17) is 9.47 Å². The summed E-state index contributed by atoms with van der Waals surface area (Å²) in [6.45, 7) is 4.59. The molecule has 0 aromatic heterocycles. The van der Waals surface area contributed by atoms with Crippen molar-refractivity contribution in [2.75, 3.05) is 6.61 Å². The standard InChI is InChI=1S/C20H20O3/c1-3-22-19-13-17-11-14(2)23-20(17)12-16(19)9-10-18(21)15-7-5-4-6-8-15/h4-10,12-14H,3,11H2,1-2H3. The van der Waals surface area contributed by atoms with Crippen LogP contribution in [-0.4, -0.2) is 18.5 Å². The quantitative estimate of drug-likeness (QED) is 0.610. The minimum Gasteiger partial charge on any atom is -0.493 e. The minimum absolute atomic E-state index is 0.0252. The van der Waals surface area contributed by atoms with Crippen molar-refractivity contribution in [1.82, 2.24) is 0 Å². The van der Waals surface area contributed by atoms with Crippen molar-refractivity contribution in [3.8, 4) is 11.5 Å². The van der Waals surface area contributed by atoms with Crippen LogP contribution in [0.5, 0.6) is 11.5 Å². The first-order valence-corrected chi connectivity index (χ1v) is 7.91. The first-order chi connectivity index (χ1) is 11.2. The Bertz CT molecular complexity index is 732. The van der Waals surface area contributed by atoms with Crippen LogP contribution in [0.2, 0.25) is 0 Å². The molecule has 1 unspecified atom stereocenters. The van der Waals surface area contributed by atoms with E-state index in [1.807, 2.05) is 49.4 Å². The van der Waals surface area contributed by atoms with Gasteiger partial charge in [0.25, 0.3) is 0 Å². The molecular formula is C20H20O3. The molecule has 0 N–H and O–H groups in total. The second-order valence-corrected chi connectivity index (χ2v) is 5.63. The van der Waals surface area contributed by atoms with Crippen LogP contribution in [0.25, 0.3) is 6.08 Å². The maximum Gasteiger partial charge on any atom is 0.185 e. The van der Waals surface area contributed by atoms with Gasteiger partial charge in [-0.25, -0.2) is 0 Å². The molecule has 1 atom stereocenters. The molecule has 2 aromatic carbocycles. The maximum absolute atomic E-state index is 12.2. The molecular weight excluding hydrogens is 288 g/mol. The lowest BCUT2D eigenvalue weighted by Crippen LogP contribution is -2.05. The third-order valence-electron chi connectivity index (χ3n) is 3.80. The zero-order valence-corrected chi connectivity index (χ0v) is 13.4. The predicted octanol–water partition coefficient (Wildman–Crippen LogP) is 4.30. The van der Waals surface area contributed by atoms with Gasteiger partial charge in [-0.05, 0) is 38.1 Å². The van der Waals surface area contributed by atoms with Crippen molar-refractivity contribution in [2.45, 2.75) is 26.4 Å². The van der Waals surface area contributed by atoms with E-state index in [0.29, 0.717) is 12.2 Å². The molecule has 1 aliphatic rings. The van der Waals surface area contributed by atoms with Gasteiger partial charge in [0.2, 0.25) is 0 Å². The molecule has 23 heavy (non-hydrogen) atoms. The number of ether oxygens (including phenoxy) is 2. The van der Waals surface area contributed by atoms with Crippen molar-refractivity contribution >= 4 is 11.9 Å². The lowest BCUT2D eigenvalue weighted by atomic mass is 10.0. The summed E-state index contributed by atoms with van der Waals surface area (Å²) in [5, 5.41) is 0. The van der Waals surface area contributed by atoms with Crippen LogP contribution in [-0.2, 0) is 6.42 Å². The summed E-state index contributed by atoms with van der Waals surface area (Å²) >= 11 is 0. The van der Waals surface area contributed by atoms with Crippen LogP contribution < -0.4 is 9.47 Å². The summed E-state index contributed by atoms with van der Waals surface area (Å²) in [7, 11) is 0. The van der Waals surface area contributed by atoms with E-state index in [-0.39, 0.29) is 11.9 Å². The van der Waals surface area contributed by atoms with E-state index in [2.05, 4.69) is 6.92 Å². The molecule has 0 spiro atoms.